The number of hydrogen-bond acceptors (Lipinski definition) is 8. The number of pyridine rings is 1. The Morgan fingerprint density at radius 1 is 1.21 bits per heavy atom. The molecule has 38 heavy (non-hydrogen) atoms. The molecule has 0 unspecified atom stereocenters. The first kappa shape index (κ1) is 26.9. The van der Waals surface area contributed by atoms with Crippen LogP contribution in [-0.4, -0.2) is 58.5 Å². The minimum Gasteiger partial charge on any atom is -0.494 e. The Morgan fingerprint density at radius 3 is 2.50 bits per heavy atom. The molecule has 14 heteroatoms. The van der Waals surface area contributed by atoms with Crippen LogP contribution in [0.2, 0.25) is 0 Å². The molecule has 3 heterocycles. The second-order valence-corrected chi connectivity index (χ2v) is 8.94. The summed E-state index contributed by atoms with van der Waals surface area (Å²) in [7, 11) is 1.30. The van der Waals surface area contributed by atoms with E-state index in [1.54, 1.807) is 20.8 Å². The van der Waals surface area contributed by atoms with Crippen molar-refractivity contribution in [1.29, 1.82) is 0 Å². The van der Waals surface area contributed by atoms with Crippen molar-refractivity contribution in [2.45, 2.75) is 45.1 Å². The maximum atomic E-state index is 13.3. The molecule has 11 nitrogen and oxygen atoms in total. The number of alkyl halides is 3. The highest BCUT2D eigenvalue weighted by Crippen LogP contribution is 2.37. The number of amides is 4. The molecule has 1 aromatic carbocycles. The zero-order chi connectivity index (χ0) is 27.9. The first-order chi connectivity index (χ1) is 17.8. The van der Waals surface area contributed by atoms with Gasteiger partial charge in [-0.1, -0.05) is 0 Å². The predicted molar refractivity (Wildman–Crippen MR) is 128 cm³/mol. The van der Waals surface area contributed by atoms with Gasteiger partial charge in [0.15, 0.2) is 11.5 Å². The highest BCUT2D eigenvalue weighted by atomic mass is 19.4. The van der Waals surface area contributed by atoms with Crippen LogP contribution in [0, 0.1) is 0 Å². The number of ether oxygens (including phenoxy) is 1. The van der Waals surface area contributed by atoms with Crippen LogP contribution in [0.15, 0.2) is 28.7 Å². The molecule has 202 valence electrons. The molecule has 1 aliphatic heterocycles. The van der Waals surface area contributed by atoms with E-state index >= 15 is 0 Å². The van der Waals surface area contributed by atoms with Crippen molar-refractivity contribution < 1.29 is 36.7 Å². The molecule has 4 N–H and O–H groups in total. The van der Waals surface area contributed by atoms with Gasteiger partial charge in [-0.05, 0) is 45.0 Å². The van der Waals surface area contributed by atoms with Crippen molar-refractivity contribution >= 4 is 28.7 Å². The summed E-state index contributed by atoms with van der Waals surface area (Å²) < 4.78 is 50.8. The Hall–Kier alpha value is -4.20. The van der Waals surface area contributed by atoms with Gasteiger partial charge in [-0.25, -0.2) is 14.8 Å². The summed E-state index contributed by atoms with van der Waals surface area (Å²) in [6.07, 6.45) is -4.67. The number of imide groups is 1. The fourth-order valence-corrected chi connectivity index (χ4v) is 4.07. The smallest absolute Gasteiger partial charge is 0.433 e. The molecule has 0 spiro atoms. The SMILES string of the molecule is COc1ccc(-c2nc(C(=O)NC[C@H]3NC(=O)N(C(C)C)C3=O)c([C@H](C)N)o2)c2ccc(C(F)(F)F)nc12. The van der Waals surface area contributed by atoms with Crippen LogP contribution >= 0.6 is 0 Å². The van der Waals surface area contributed by atoms with Crippen molar-refractivity contribution in [2.24, 2.45) is 5.73 Å². The van der Waals surface area contributed by atoms with Crippen molar-refractivity contribution in [3.8, 4) is 17.2 Å². The third-order valence-corrected chi connectivity index (χ3v) is 5.88. The van der Waals surface area contributed by atoms with E-state index in [2.05, 4.69) is 20.6 Å². The monoisotopic (exact) mass is 534 g/mol. The molecule has 3 aromatic rings. The predicted octanol–water partition coefficient (Wildman–Crippen LogP) is 3.00. The molecule has 0 bridgehead atoms. The van der Waals surface area contributed by atoms with Gasteiger partial charge in [0.25, 0.3) is 11.8 Å². The third kappa shape index (κ3) is 4.86. The number of rotatable bonds is 7. The van der Waals surface area contributed by atoms with Gasteiger partial charge >= 0.3 is 12.2 Å². The molecule has 1 saturated heterocycles. The summed E-state index contributed by atoms with van der Waals surface area (Å²) in [6, 6.07) is 2.32. The Kier molecular flexibility index (Phi) is 7.02. The number of carbonyl (C=O) groups is 3. The van der Waals surface area contributed by atoms with Gasteiger partial charge in [0.1, 0.15) is 23.0 Å². The fourth-order valence-electron chi connectivity index (χ4n) is 4.07. The number of halogens is 3. The molecule has 1 fully saturated rings. The molecule has 0 aliphatic carbocycles. The molecule has 0 saturated carbocycles. The summed E-state index contributed by atoms with van der Waals surface area (Å²) in [6.45, 7) is 4.73. The van der Waals surface area contributed by atoms with E-state index in [1.165, 1.54) is 25.3 Å². The minimum atomic E-state index is -4.67. The number of methoxy groups -OCH3 is 1. The second kappa shape index (κ2) is 9.93. The Balaban J connectivity index is 1.67. The van der Waals surface area contributed by atoms with E-state index in [1.807, 2.05) is 0 Å². The van der Waals surface area contributed by atoms with Crippen LogP contribution in [0.1, 0.15) is 48.8 Å². The average Bonchev–Trinajstić information content (AvgIpc) is 3.42. The van der Waals surface area contributed by atoms with Crippen LogP contribution in [0.4, 0.5) is 18.0 Å². The highest BCUT2D eigenvalue weighted by molar-refractivity contribution is 6.05. The van der Waals surface area contributed by atoms with Crippen molar-refractivity contribution in [3.05, 3.63) is 41.4 Å². The summed E-state index contributed by atoms with van der Waals surface area (Å²) in [5, 5.41) is 5.31. The first-order valence-corrected chi connectivity index (χ1v) is 11.6. The van der Waals surface area contributed by atoms with Gasteiger partial charge in [-0.15, -0.1) is 0 Å². The number of nitrogens with zero attached hydrogens (tertiary/aromatic N) is 3. The molecule has 0 radical (unpaired) electrons. The van der Waals surface area contributed by atoms with Crippen LogP contribution in [0.5, 0.6) is 5.75 Å². The lowest BCUT2D eigenvalue weighted by Gasteiger charge is -2.16. The molecule has 2 atom stereocenters. The largest absolute Gasteiger partial charge is 0.494 e. The van der Waals surface area contributed by atoms with E-state index < -0.39 is 41.8 Å². The van der Waals surface area contributed by atoms with Crippen LogP contribution < -0.4 is 21.1 Å². The van der Waals surface area contributed by atoms with E-state index in [9.17, 15) is 27.6 Å². The fraction of sp³-hybridized carbons (Fsp3) is 0.375. The van der Waals surface area contributed by atoms with Gasteiger partial charge in [-0.3, -0.25) is 14.5 Å². The zero-order valence-electron chi connectivity index (χ0n) is 20.8. The molecular weight excluding hydrogens is 509 g/mol. The van der Waals surface area contributed by atoms with Gasteiger partial charge in [0.05, 0.1) is 13.2 Å². The Labute approximate surface area is 214 Å². The molecular formula is C24H25F3N6O5. The molecule has 2 aromatic heterocycles. The maximum Gasteiger partial charge on any atom is 0.433 e. The van der Waals surface area contributed by atoms with Gasteiger partial charge in [-0.2, -0.15) is 13.2 Å². The summed E-state index contributed by atoms with van der Waals surface area (Å²) in [5.41, 5.74) is 4.90. The van der Waals surface area contributed by atoms with E-state index in [4.69, 9.17) is 14.9 Å². The minimum absolute atomic E-state index is 0.0203. The topological polar surface area (TPSA) is 153 Å². The van der Waals surface area contributed by atoms with Gasteiger partial charge < -0.3 is 25.5 Å². The van der Waals surface area contributed by atoms with E-state index in [0.717, 1.165) is 11.0 Å². The number of benzene rings is 1. The average molecular weight is 534 g/mol. The number of hydrogen-bond donors (Lipinski definition) is 3. The standard InChI is InChI=1S/C24H25F3N6O5/c1-10(2)33-22(35)14(30-23(33)36)9-29-20(34)18-19(11(3)28)38-21(32-18)13-5-7-15(37-4)17-12(13)6-8-16(31-17)24(25,26)27/h5-8,10-11,14H,9,28H2,1-4H3,(H,29,34)(H,30,36)/t11-,14+/m0/s1. The van der Waals surface area contributed by atoms with Crippen LogP contribution in [-0.2, 0) is 11.0 Å². The molecule has 4 amide bonds. The Morgan fingerprint density at radius 2 is 1.92 bits per heavy atom. The summed E-state index contributed by atoms with van der Waals surface area (Å²) in [4.78, 5) is 46.6. The van der Waals surface area contributed by atoms with Gasteiger partial charge in [0, 0.05) is 23.5 Å². The lowest BCUT2D eigenvalue weighted by atomic mass is 10.1. The lowest BCUT2D eigenvalue weighted by Crippen LogP contribution is -2.42. The number of aromatic nitrogens is 2. The van der Waals surface area contributed by atoms with E-state index in [0.29, 0.717) is 0 Å². The first-order valence-electron chi connectivity index (χ1n) is 11.6. The number of oxazole rings is 1. The van der Waals surface area contributed by atoms with Crippen molar-refractivity contribution in [3.63, 3.8) is 0 Å². The number of fused-ring (bicyclic) bond motifs is 1. The number of urea groups is 1. The van der Waals surface area contributed by atoms with Crippen molar-refractivity contribution in [1.82, 2.24) is 25.5 Å². The lowest BCUT2D eigenvalue weighted by molar-refractivity contribution is -0.141. The van der Waals surface area contributed by atoms with Gasteiger partial charge in [0.2, 0.25) is 5.89 Å². The molecule has 1 aliphatic rings. The summed E-state index contributed by atoms with van der Waals surface area (Å²) in [5.74, 6) is -1.15. The zero-order valence-corrected chi connectivity index (χ0v) is 20.8. The number of nitrogens with two attached hydrogens (primary N) is 1. The highest BCUT2D eigenvalue weighted by Gasteiger charge is 2.40. The normalized spacial score (nSPS) is 16.8. The van der Waals surface area contributed by atoms with Crippen molar-refractivity contribution in [2.75, 3.05) is 13.7 Å². The third-order valence-electron chi connectivity index (χ3n) is 5.88. The number of carbonyl (C=O) groups excluding carboxylic acids is 3. The number of nitrogens with one attached hydrogen (secondary N) is 2. The quantitative estimate of drug-likeness (QED) is 0.391. The van der Waals surface area contributed by atoms with E-state index in [-0.39, 0.29) is 52.1 Å². The molecule has 4 rings (SSSR count). The van der Waals surface area contributed by atoms with Crippen LogP contribution in [0.25, 0.3) is 22.4 Å². The maximum absolute atomic E-state index is 13.3. The van der Waals surface area contributed by atoms with Crippen LogP contribution in [0.3, 0.4) is 0 Å². The summed E-state index contributed by atoms with van der Waals surface area (Å²) >= 11 is 0. The Bertz CT molecular complexity index is 1420. The second-order valence-electron chi connectivity index (χ2n) is 8.94.